The van der Waals surface area contributed by atoms with Crippen LogP contribution >= 0.6 is 11.3 Å². The van der Waals surface area contributed by atoms with Gasteiger partial charge in [-0.05, 0) is 19.1 Å². The van der Waals surface area contributed by atoms with E-state index in [1.165, 1.54) is 24.3 Å². The maximum absolute atomic E-state index is 13.5. The molecule has 8 heteroatoms. The smallest absolute Gasteiger partial charge is 0.387 e. The number of carbonyl (C=O) groups excluding carboxylic acids is 1. The van der Waals surface area contributed by atoms with Gasteiger partial charge >= 0.3 is 6.61 Å². The number of aryl methyl sites for hydroxylation is 1. The zero-order valence-electron chi connectivity index (χ0n) is 12.1. The Balaban J connectivity index is 2.04. The maximum Gasteiger partial charge on any atom is 0.387 e. The molecule has 0 fully saturated rings. The summed E-state index contributed by atoms with van der Waals surface area (Å²) in [4.78, 5) is 12.7. The predicted molar refractivity (Wildman–Crippen MR) is 79.4 cm³/mol. The molecule has 1 aromatic carbocycles. The lowest BCUT2D eigenvalue weighted by Gasteiger charge is -2.13. The van der Waals surface area contributed by atoms with E-state index in [0.29, 0.717) is 4.88 Å². The zero-order valence-corrected chi connectivity index (χ0v) is 12.9. The van der Waals surface area contributed by atoms with Gasteiger partial charge in [0, 0.05) is 17.0 Å². The van der Waals surface area contributed by atoms with Crippen LogP contribution < -0.4 is 10.1 Å². The molecule has 0 spiro atoms. The Kier molecular flexibility index (Phi) is 5.62. The van der Waals surface area contributed by atoms with Crippen LogP contribution in [-0.2, 0) is 0 Å². The molecule has 124 valence electrons. The van der Waals surface area contributed by atoms with Crippen LogP contribution in [0.5, 0.6) is 5.75 Å². The summed E-state index contributed by atoms with van der Waals surface area (Å²) < 4.78 is 42.5. The number of aliphatic hydroxyl groups excluding tert-OH is 1. The third-order valence-corrected chi connectivity index (χ3v) is 3.99. The SMILES string of the molecule is Cc1cc(OC(F)F)c(C(=O)NCC(O)c2ccccc2F)s1. The van der Waals surface area contributed by atoms with Gasteiger partial charge in [-0.15, -0.1) is 11.3 Å². The summed E-state index contributed by atoms with van der Waals surface area (Å²) in [6.45, 7) is -1.65. The summed E-state index contributed by atoms with van der Waals surface area (Å²) in [5.41, 5.74) is 0.0409. The van der Waals surface area contributed by atoms with E-state index in [4.69, 9.17) is 0 Å². The summed E-state index contributed by atoms with van der Waals surface area (Å²) >= 11 is 0.989. The zero-order chi connectivity index (χ0) is 17.0. The number of carbonyl (C=O) groups is 1. The van der Waals surface area contributed by atoms with E-state index in [2.05, 4.69) is 10.1 Å². The highest BCUT2D eigenvalue weighted by atomic mass is 32.1. The second kappa shape index (κ2) is 7.47. The maximum atomic E-state index is 13.5. The molecule has 0 aliphatic carbocycles. The van der Waals surface area contributed by atoms with Crippen LogP contribution in [0.4, 0.5) is 13.2 Å². The first-order valence-corrected chi connectivity index (χ1v) is 7.46. The number of amides is 1. The number of aliphatic hydroxyl groups is 1. The van der Waals surface area contributed by atoms with Crippen LogP contribution in [0.3, 0.4) is 0 Å². The second-order valence-corrected chi connectivity index (χ2v) is 5.93. The Hall–Kier alpha value is -2.06. The summed E-state index contributed by atoms with van der Waals surface area (Å²) in [5, 5.41) is 12.3. The van der Waals surface area contributed by atoms with Gasteiger partial charge in [-0.25, -0.2) is 4.39 Å². The molecule has 1 heterocycles. The van der Waals surface area contributed by atoms with Crippen LogP contribution in [-0.4, -0.2) is 24.2 Å². The highest BCUT2D eigenvalue weighted by Crippen LogP contribution is 2.30. The van der Waals surface area contributed by atoms with Crippen molar-refractivity contribution in [2.75, 3.05) is 6.54 Å². The van der Waals surface area contributed by atoms with Crippen LogP contribution in [0.1, 0.15) is 26.2 Å². The van der Waals surface area contributed by atoms with Crippen molar-refractivity contribution in [1.82, 2.24) is 5.32 Å². The Morgan fingerprint density at radius 1 is 1.39 bits per heavy atom. The van der Waals surface area contributed by atoms with Crippen molar-refractivity contribution in [3.63, 3.8) is 0 Å². The Bertz CT molecular complexity index is 690. The van der Waals surface area contributed by atoms with Crippen molar-refractivity contribution in [3.8, 4) is 5.75 Å². The molecule has 0 aliphatic heterocycles. The third-order valence-electron chi connectivity index (χ3n) is 2.96. The van der Waals surface area contributed by atoms with E-state index in [-0.39, 0.29) is 22.7 Å². The van der Waals surface area contributed by atoms with Gasteiger partial charge in [0.2, 0.25) is 0 Å². The van der Waals surface area contributed by atoms with E-state index in [1.807, 2.05) is 0 Å². The summed E-state index contributed by atoms with van der Waals surface area (Å²) in [6, 6.07) is 6.95. The molecular weight excluding hydrogens is 331 g/mol. The van der Waals surface area contributed by atoms with Gasteiger partial charge in [-0.1, -0.05) is 18.2 Å². The van der Waals surface area contributed by atoms with Gasteiger partial charge in [0.15, 0.2) is 0 Å². The van der Waals surface area contributed by atoms with Gasteiger partial charge in [0.25, 0.3) is 5.91 Å². The Morgan fingerprint density at radius 3 is 2.74 bits per heavy atom. The van der Waals surface area contributed by atoms with E-state index in [0.717, 1.165) is 11.3 Å². The highest BCUT2D eigenvalue weighted by Gasteiger charge is 2.20. The molecular formula is C15H14F3NO3S. The van der Waals surface area contributed by atoms with Gasteiger partial charge < -0.3 is 15.2 Å². The highest BCUT2D eigenvalue weighted by molar-refractivity contribution is 7.14. The van der Waals surface area contributed by atoms with Crippen molar-refractivity contribution < 1.29 is 27.8 Å². The van der Waals surface area contributed by atoms with E-state index in [1.54, 1.807) is 13.0 Å². The largest absolute Gasteiger partial charge is 0.433 e. The quantitative estimate of drug-likeness (QED) is 0.845. The van der Waals surface area contributed by atoms with E-state index in [9.17, 15) is 23.1 Å². The fourth-order valence-electron chi connectivity index (χ4n) is 1.96. The Morgan fingerprint density at radius 2 is 2.09 bits per heavy atom. The summed E-state index contributed by atoms with van der Waals surface area (Å²) in [6.07, 6.45) is -1.25. The fraction of sp³-hybridized carbons (Fsp3) is 0.267. The van der Waals surface area contributed by atoms with E-state index < -0.39 is 24.4 Å². The minimum absolute atomic E-state index is 0.0245. The minimum atomic E-state index is -3.04. The average Bonchev–Trinajstić information content (AvgIpc) is 2.84. The lowest BCUT2D eigenvalue weighted by atomic mass is 10.1. The first kappa shape index (κ1) is 17.3. The second-order valence-electron chi connectivity index (χ2n) is 4.68. The summed E-state index contributed by atoms with van der Waals surface area (Å²) in [7, 11) is 0. The molecule has 1 amide bonds. The molecule has 0 aliphatic rings. The number of nitrogens with one attached hydrogen (secondary N) is 1. The van der Waals surface area contributed by atoms with Gasteiger partial charge in [0.1, 0.15) is 16.4 Å². The van der Waals surface area contributed by atoms with Crippen molar-refractivity contribution in [1.29, 1.82) is 0 Å². The lowest BCUT2D eigenvalue weighted by molar-refractivity contribution is -0.0498. The normalized spacial score (nSPS) is 12.3. The number of thiophene rings is 1. The molecule has 1 unspecified atom stereocenters. The topological polar surface area (TPSA) is 58.6 Å². The number of hydrogen-bond acceptors (Lipinski definition) is 4. The Labute approximate surface area is 134 Å². The van der Waals surface area contributed by atoms with Gasteiger partial charge in [0.05, 0.1) is 6.10 Å². The predicted octanol–water partition coefficient (Wildman–Crippen LogP) is 3.26. The standard InChI is InChI=1S/C15H14F3NO3S/c1-8-6-12(22-15(17)18)13(23-8)14(21)19-7-11(20)9-4-2-3-5-10(9)16/h2-6,11,15,20H,7H2,1H3,(H,19,21). The molecule has 2 aromatic rings. The number of benzene rings is 1. The number of alkyl halides is 2. The van der Waals surface area contributed by atoms with Crippen molar-refractivity contribution in [2.24, 2.45) is 0 Å². The lowest BCUT2D eigenvalue weighted by Crippen LogP contribution is -2.28. The third kappa shape index (κ3) is 4.46. The van der Waals surface area contributed by atoms with E-state index >= 15 is 0 Å². The molecule has 0 saturated heterocycles. The average molecular weight is 345 g/mol. The molecule has 1 aromatic heterocycles. The molecule has 2 N–H and O–H groups in total. The van der Waals surface area contributed by atoms with Crippen LogP contribution in [0.15, 0.2) is 30.3 Å². The van der Waals surface area contributed by atoms with Crippen molar-refractivity contribution in [3.05, 3.63) is 51.5 Å². The molecule has 0 bridgehead atoms. The molecule has 1 atom stereocenters. The number of halogens is 3. The van der Waals surface area contributed by atoms with Crippen LogP contribution in [0.2, 0.25) is 0 Å². The summed E-state index contributed by atoms with van der Waals surface area (Å²) in [5.74, 6) is -1.49. The van der Waals surface area contributed by atoms with Crippen molar-refractivity contribution >= 4 is 17.2 Å². The first-order chi connectivity index (χ1) is 10.9. The van der Waals surface area contributed by atoms with Crippen LogP contribution in [0.25, 0.3) is 0 Å². The number of rotatable bonds is 6. The van der Waals surface area contributed by atoms with Gasteiger partial charge in [-0.3, -0.25) is 4.79 Å². The molecule has 0 radical (unpaired) electrons. The number of hydrogen-bond donors (Lipinski definition) is 2. The van der Waals surface area contributed by atoms with Gasteiger partial charge in [-0.2, -0.15) is 8.78 Å². The molecule has 0 saturated carbocycles. The molecule has 4 nitrogen and oxygen atoms in total. The van der Waals surface area contributed by atoms with Crippen molar-refractivity contribution in [2.45, 2.75) is 19.6 Å². The first-order valence-electron chi connectivity index (χ1n) is 6.64. The monoisotopic (exact) mass is 345 g/mol. The van der Waals surface area contributed by atoms with Crippen LogP contribution in [0, 0.1) is 12.7 Å². The molecule has 2 rings (SSSR count). The fourth-order valence-corrected chi connectivity index (χ4v) is 2.82. The number of ether oxygens (including phenoxy) is 1. The molecule has 23 heavy (non-hydrogen) atoms. The minimum Gasteiger partial charge on any atom is -0.433 e.